The van der Waals surface area contributed by atoms with E-state index in [2.05, 4.69) is 28.3 Å². The lowest BCUT2D eigenvalue weighted by molar-refractivity contribution is -0.127. The summed E-state index contributed by atoms with van der Waals surface area (Å²) in [5.41, 5.74) is 3.14. The third-order valence-corrected chi connectivity index (χ3v) is 5.59. The van der Waals surface area contributed by atoms with E-state index in [-0.39, 0.29) is 12.5 Å². The van der Waals surface area contributed by atoms with E-state index < -0.39 is 0 Å². The molecule has 24 heavy (non-hydrogen) atoms. The summed E-state index contributed by atoms with van der Waals surface area (Å²) in [7, 11) is 0. The van der Waals surface area contributed by atoms with Crippen LogP contribution in [0.15, 0.2) is 18.2 Å². The smallest absolute Gasteiger partial charge is 0.246 e. The summed E-state index contributed by atoms with van der Waals surface area (Å²) in [6.07, 6.45) is 6.34. The van der Waals surface area contributed by atoms with Crippen LogP contribution in [0.3, 0.4) is 0 Å². The SMILES string of the molecule is Cc1ccc2nc(COCC(=O)N[C@@H]3CC[C@H]4CCC[C@H]43)[nH]c2c1. The number of nitrogens with zero attached hydrogens (tertiary/aromatic N) is 1. The summed E-state index contributed by atoms with van der Waals surface area (Å²) in [6.45, 7) is 2.49. The van der Waals surface area contributed by atoms with Crippen molar-refractivity contribution in [3.63, 3.8) is 0 Å². The lowest BCUT2D eigenvalue weighted by atomic mass is 9.98. The van der Waals surface area contributed by atoms with Crippen LogP contribution in [0.2, 0.25) is 0 Å². The summed E-state index contributed by atoms with van der Waals surface area (Å²) >= 11 is 0. The summed E-state index contributed by atoms with van der Waals surface area (Å²) in [6, 6.07) is 6.47. The molecule has 2 aliphatic carbocycles. The first kappa shape index (κ1) is 15.6. The highest BCUT2D eigenvalue weighted by molar-refractivity contribution is 5.77. The van der Waals surface area contributed by atoms with Crippen LogP contribution in [0.4, 0.5) is 0 Å². The maximum absolute atomic E-state index is 12.1. The van der Waals surface area contributed by atoms with Gasteiger partial charge in [0.05, 0.1) is 11.0 Å². The number of nitrogens with one attached hydrogen (secondary N) is 2. The van der Waals surface area contributed by atoms with Crippen molar-refractivity contribution in [3.05, 3.63) is 29.6 Å². The predicted molar refractivity (Wildman–Crippen MR) is 92.5 cm³/mol. The van der Waals surface area contributed by atoms with Gasteiger partial charge >= 0.3 is 0 Å². The topological polar surface area (TPSA) is 67.0 Å². The number of aromatic nitrogens is 2. The monoisotopic (exact) mass is 327 g/mol. The van der Waals surface area contributed by atoms with Crippen LogP contribution >= 0.6 is 0 Å². The maximum atomic E-state index is 12.1. The fourth-order valence-corrected chi connectivity index (χ4v) is 4.47. The molecular weight excluding hydrogens is 302 g/mol. The number of H-pyrrole nitrogens is 1. The van der Waals surface area contributed by atoms with Crippen LogP contribution < -0.4 is 5.32 Å². The Bertz CT molecular complexity index is 739. The summed E-state index contributed by atoms with van der Waals surface area (Å²) < 4.78 is 5.56. The van der Waals surface area contributed by atoms with Crippen LogP contribution in [0.1, 0.15) is 43.5 Å². The van der Waals surface area contributed by atoms with Crippen molar-refractivity contribution in [2.75, 3.05) is 6.61 Å². The highest BCUT2D eigenvalue weighted by Crippen LogP contribution is 2.43. The quantitative estimate of drug-likeness (QED) is 0.887. The number of benzene rings is 1. The number of fused-ring (bicyclic) bond motifs is 2. The first-order chi connectivity index (χ1) is 11.7. The molecule has 1 heterocycles. The van der Waals surface area contributed by atoms with Gasteiger partial charge in [0.25, 0.3) is 0 Å². The summed E-state index contributed by atoms with van der Waals surface area (Å²) in [4.78, 5) is 19.9. The fourth-order valence-electron chi connectivity index (χ4n) is 4.47. The van der Waals surface area contributed by atoms with E-state index in [1.54, 1.807) is 0 Å². The molecule has 1 aromatic carbocycles. The number of carbonyl (C=O) groups is 1. The molecule has 2 saturated carbocycles. The van der Waals surface area contributed by atoms with Crippen LogP contribution in [0.25, 0.3) is 11.0 Å². The summed E-state index contributed by atoms with van der Waals surface area (Å²) in [5.74, 6) is 2.31. The van der Waals surface area contributed by atoms with E-state index in [1.807, 2.05) is 12.1 Å². The van der Waals surface area contributed by atoms with Gasteiger partial charge in [0.15, 0.2) is 0 Å². The molecule has 5 nitrogen and oxygen atoms in total. The first-order valence-corrected chi connectivity index (χ1v) is 9.01. The third-order valence-electron chi connectivity index (χ3n) is 5.59. The molecular formula is C19H25N3O2. The van der Waals surface area contributed by atoms with Crippen molar-refractivity contribution in [2.24, 2.45) is 11.8 Å². The lowest BCUT2D eigenvalue weighted by Crippen LogP contribution is -2.39. The predicted octanol–water partition coefficient (Wildman–Crippen LogP) is 3.08. The minimum absolute atomic E-state index is 0.000458. The molecule has 2 aliphatic rings. The van der Waals surface area contributed by atoms with E-state index in [9.17, 15) is 4.79 Å². The lowest BCUT2D eigenvalue weighted by Gasteiger charge is -2.19. The Hall–Kier alpha value is -1.88. The molecule has 0 aliphatic heterocycles. The number of rotatable bonds is 5. The zero-order valence-corrected chi connectivity index (χ0v) is 14.2. The number of aromatic amines is 1. The van der Waals surface area contributed by atoms with Gasteiger partial charge in [-0.25, -0.2) is 4.98 Å². The third kappa shape index (κ3) is 3.18. The van der Waals surface area contributed by atoms with Gasteiger partial charge in [-0.05, 0) is 55.7 Å². The zero-order valence-electron chi connectivity index (χ0n) is 14.2. The van der Waals surface area contributed by atoms with E-state index in [0.717, 1.165) is 29.2 Å². The average molecular weight is 327 g/mol. The van der Waals surface area contributed by atoms with Crippen molar-refractivity contribution < 1.29 is 9.53 Å². The molecule has 0 spiro atoms. The highest BCUT2D eigenvalue weighted by atomic mass is 16.5. The van der Waals surface area contributed by atoms with Crippen LogP contribution in [0.5, 0.6) is 0 Å². The molecule has 4 rings (SSSR count). The molecule has 1 aromatic heterocycles. The molecule has 3 atom stereocenters. The Labute approximate surface area is 142 Å². The molecule has 2 aromatic rings. The largest absolute Gasteiger partial charge is 0.364 e. The Morgan fingerprint density at radius 1 is 1.33 bits per heavy atom. The van der Waals surface area contributed by atoms with E-state index in [4.69, 9.17) is 4.74 Å². The zero-order chi connectivity index (χ0) is 16.5. The number of imidazole rings is 1. The summed E-state index contributed by atoms with van der Waals surface area (Å²) in [5, 5.41) is 3.18. The molecule has 0 bridgehead atoms. The van der Waals surface area contributed by atoms with Gasteiger partial charge < -0.3 is 15.0 Å². The second-order valence-electron chi connectivity index (χ2n) is 7.30. The molecule has 5 heteroatoms. The Morgan fingerprint density at radius 2 is 2.25 bits per heavy atom. The van der Waals surface area contributed by atoms with Crippen molar-refractivity contribution >= 4 is 16.9 Å². The highest BCUT2D eigenvalue weighted by Gasteiger charge is 2.39. The average Bonchev–Trinajstić information content (AvgIpc) is 3.23. The van der Waals surface area contributed by atoms with E-state index in [1.165, 1.54) is 31.2 Å². The van der Waals surface area contributed by atoms with Crippen LogP contribution in [0, 0.1) is 18.8 Å². The number of hydrogen-bond acceptors (Lipinski definition) is 3. The maximum Gasteiger partial charge on any atom is 0.246 e. The Balaban J connectivity index is 1.26. The minimum Gasteiger partial charge on any atom is -0.364 e. The number of ether oxygens (including phenoxy) is 1. The van der Waals surface area contributed by atoms with Crippen molar-refractivity contribution in [2.45, 2.75) is 51.7 Å². The molecule has 2 N–H and O–H groups in total. The number of amides is 1. The van der Waals surface area contributed by atoms with Crippen LogP contribution in [-0.2, 0) is 16.1 Å². The van der Waals surface area contributed by atoms with E-state index in [0.29, 0.717) is 18.6 Å². The van der Waals surface area contributed by atoms with Gasteiger partial charge in [0, 0.05) is 6.04 Å². The molecule has 0 radical (unpaired) electrons. The second-order valence-corrected chi connectivity index (χ2v) is 7.30. The van der Waals surface area contributed by atoms with Gasteiger partial charge in [-0.2, -0.15) is 0 Å². The number of carbonyl (C=O) groups excluding carboxylic acids is 1. The number of aryl methyl sites for hydroxylation is 1. The normalized spacial score (nSPS) is 26.0. The van der Waals surface area contributed by atoms with Crippen LogP contribution in [-0.4, -0.2) is 28.5 Å². The van der Waals surface area contributed by atoms with Gasteiger partial charge in [0.1, 0.15) is 19.0 Å². The fraction of sp³-hybridized carbons (Fsp3) is 0.579. The molecule has 128 valence electrons. The van der Waals surface area contributed by atoms with Gasteiger partial charge in [0.2, 0.25) is 5.91 Å². The second kappa shape index (κ2) is 6.55. The van der Waals surface area contributed by atoms with Gasteiger partial charge in [-0.3, -0.25) is 4.79 Å². The number of hydrogen-bond donors (Lipinski definition) is 2. The van der Waals surface area contributed by atoms with Gasteiger partial charge in [-0.15, -0.1) is 0 Å². The first-order valence-electron chi connectivity index (χ1n) is 9.01. The molecule has 1 amide bonds. The van der Waals surface area contributed by atoms with Crippen molar-refractivity contribution in [1.29, 1.82) is 0 Å². The molecule has 2 fully saturated rings. The Kier molecular flexibility index (Phi) is 4.27. The molecule has 0 saturated heterocycles. The minimum atomic E-state index is -0.000458. The van der Waals surface area contributed by atoms with E-state index >= 15 is 0 Å². The van der Waals surface area contributed by atoms with Crippen molar-refractivity contribution in [3.8, 4) is 0 Å². The molecule has 0 unspecified atom stereocenters. The van der Waals surface area contributed by atoms with Crippen molar-refractivity contribution in [1.82, 2.24) is 15.3 Å². The Morgan fingerprint density at radius 3 is 3.17 bits per heavy atom. The standard InChI is InChI=1S/C19H25N3O2/c1-12-5-7-16-17(9-12)21-18(20-16)10-24-11-19(23)22-15-8-6-13-3-2-4-14(13)15/h5,7,9,13-15H,2-4,6,8,10-11H2,1H3,(H,20,21)(H,22,23)/t13-,14-,15-/m1/s1. The van der Waals surface area contributed by atoms with Gasteiger partial charge in [-0.1, -0.05) is 18.9 Å².